The van der Waals surface area contributed by atoms with Gasteiger partial charge in [0.1, 0.15) is 0 Å². The number of carbonyl (C=O) groups is 2. The van der Waals surface area contributed by atoms with Crippen molar-refractivity contribution in [3.63, 3.8) is 0 Å². The molecule has 1 aromatic heterocycles. The first kappa shape index (κ1) is 17.7. The number of hydrogen-bond acceptors (Lipinski definition) is 4. The molecule has 0 spiro atoms. The molecule has 138 valence electrons. The van der Waals surface area contributed by atoms with Gasteiger partial charge in [-0.25, -0.2) is 4.79 Å². The molecule has 3 rings (SSSR count). The van der Waals surface area contributed by atoms with Crippen LogP contribution in [0.4, 0.5) is 10.6 Å². The van der Waals surface area contributed by atoms with Crippen molar-refractivity contribution in [1.82, 2.24) is 19.6 Å². The number of ether oxygens (including phenoxy) is 1. The van der Waals surface area contributed by atoms with E-state index in [1.54, 1.807) is 22.8 Å². The van der Waals surface area contributed by atoms with E-state index in [0.717, 1.165) is 25.8 Å². The molecular formula is C17H27N5O3. The molecule has 1 N–H and O–H groups in total. The van der Waals surface area contributed by atoms with Gasteiger partial charge in [-0.3, -0.25) is 14.8 Å². The molecular weight excluding hydrogens is 322 g/mol. The van der Waals surface area contributed by atoms with Crippen LogP contribution in [0.1, 0.15) is 32.2 Å². The average Bonchev–Trinajstić information content (AvgIpc) is 3.38. The summed E-state index contributed by atoms with van der Waals surface area (Å²) in [6.07, 6.45) is 4.68. The zero-order valence-electron chi connectivity index (χ0n) is 15.0. The predicted molar refractivity (Wildman–Crippen MR) is 93.3 cm³/mol. The number of carbonyl (C=O) groups excluding carboxylic acids is 2. The summed E-state index contributed by atoms with van der Waals surface area (Å²) in [7, 11) is 1.65. The third-order valence-corrected chi connectivity index (χ3v) is 4.72. The van der Waals surface area contributed by atoms with E-state index in [9.17, 15) is 9.59 Å². The second-order valence-electron chi connectivity index (χ2n) is 6.86. The number of anilines is 1. The van der Waals surface area contributed by atoms with Crippen molar-refractivity contribution in [2.45, 2.75) is 32.2 Å². The number of rotatable bonds is 5. The van der Waals surface area contributed by atoms with Crippen LogP contribution in [0.25, 0.3) is 0 Å². The minimum Gasteiger partial charge on any atom is -0.382 e. The fourth-order valence-corrected chi connectivity index (χ4v) is 3.09. The molecule has 0 aromatic carbocycles. The second kappa shape index (κ2) is 7.86. The lowest BCUT2D eigenvalue weighted by atomic mass is 10.3. The highest BCUT2D eigenvalue weighted by atomic mass is 16.5. The zero-order valence-corrected chi connectivity index (χ0v) is 15.0. The maximum absolute atomic E-state index is 12.5. The van der Waals surface area contributed by atoms with Gasteiger partial charge in [-0.1, -0.05) is 0 Å². The van der Waals surface area contributed by atoms with Crippen LogP contribution in [0.5, 0.6) is 0 Å². The number of amides is 3. The van der Waals surface area contributed by atoms with Gasteiger partial charge in [-0.05, 0) is 26.2 Å². The van der Waals surface area contributed by atoms with Crippen LogP contribution in [0.15, 0.2) is 12.3 Å². The molecule has 1 aliphatic heterocycles. The number of aromatic nitrogens is 2. The molecule has 0 bridgehead atoms. The molecule has 2 heterocycles. The Morgan fingerprint density at radius 3 is 2.72 bits per heavy atom. The smallest absolute Gasteiger partial charge is 0.323 e. The van der Waals surface area contributed by atoms with Gasteiger partial charge in [0, 0.05) is 51.5 Å². The first-order valence-corrected chi connectivity index (χ1v) is 8.97. The Hall–Kier alpha value is -2.09. The van der Waals surface area contributed by atoms with E-state index in [0.29, 0.717) is 32.1 Å². The molecule has 25 heavy (non-hydrogen) atoms. The number of urea groups is 1. The van der Waals surface area contributed by atoms with Crippen LogP contribution < -0.4 is 5.32 Å². The van der Waals surface area contributed by atoms with Gasteiger partial charge in [0.25, 0.3) is 0 Å². The maximum atomic E-state index is 12.5. The van der Waals surface area contributed by atoms with E-state index in [2.05, 4.69) is 10.4 Å². The van der Waals surface area contributed by atoms with Crippen molar-refractivity contribution in [3.8, 4) is 0 Å². The van der Waals surface area contributed by atoms with Gasteiger partial charge in [0.05, 0.1) is 12.6 Å². The fraction of sp³-hybridized carbons (Fsp3) is 0.706. The summed E-state index contributed by atoms with van der Waals surface area (Å²) in [5.41, 5.74) is 0. The molecule has 8 heteroatoms. The summed E-state index contributed by atoms with van der Waals surface area (Å²) in [6, 6.07) is 1.73. The summed E-state index contributed by atoms with van der Waals surface area (Å²) in [5.74, 6) is 1.02. The van der Waals surface area contributed by atoms with Gasteiger partial charge in [0.15, 0.2) is 5.82 Å². The SMILES string of the molecule is COC[C@@H](C)n1ccc(NC(=O)N2CCCN(C(=O)C3CC3)CC2)n1. The summed E-state index contributed by atoms with van der Waals surface area (Å²) in [6.45, 7) is 5.13. The number of hydrogen-bond donors (Lipinski definition) is 1. The van der Waals surface area contributed by atoms with Crippen LogP contribution in [0.3, 0.4) is 0 Å². The molecule has 0 radical (unpaired) electrons. The Balaban J connectivity index is 1.52. The summed E-state index contributed by atoms with van der Waals surface area (Å²) >= 11 is 0. The van der Waals surface area contributed by atoms with E-state index in [-0.39, 0.29) is 23.9 Å². The minimum absolute atomic E-state index is 0.107. The first-order valence-electron chi connectivity index (χ1n) is 8.97. The molecule has 3 amide bonds. The van der Waals surface area contributed by atoms with Crippen molar-refractivity contribution in [2.75, 3.05) is 45.2 Å². The molecule has 0 unspecified atom stereocenters. The van der Waals surface area contributed by atoms with Gasteiger partial charge in [0.2, 0.25) is 5.91 Å². The largest absolute Gasteiger partial charge is 0.382 e. The van der Waals surface area contributed by atoms with Crippen LogP contribution in [-0.2, 0) is 9.53 Å². The molecule has 2 fully saturated rings. The van der Waals surface area contributed by atoms with E-state index < -0.39 is 0 Å². The number of methoxy groups -OCH3 is 1. The highest BCUT2D eigenvalue weighted by Gasteiger charge is 2.34. The highest BCUT2D eigenvalue weighted by molar-refractivity contribution is 5.88. The van der Waals surface area contributed by atoms with Gasteiger partial charge < -0.3 is 14.5 Å². The van der Waals surface area contributed by atoms with Crippen molar-refractivity contribution in [3.05, 3.63) is 12.3 Å². The van der Waals surface area contributed by atoms with Crippen molar-refractivity contribution in [2.24, 2.45) is 5.92 Å². The molecule has 2 aliphatic rings. The zero-order chi connectivity index (χ0) is 17.8. The Kier molecular flexibility index (Phi) is 5.57. The van der Waals surface area contributed by atoms with E-state index >= 15 is 0 Å². The molecule has 1 saturated carbocycles. The van der Waals surface area contributed by atoms with Crippen LogP contribution in [-0.4, -0.2) is 71.4 Å². The van der Waals surface area contributed by atoms with Gasteiger partial charge in [-0.15, -0.1) is 0 Å². The van der Waals surface area contributed by atoms with E-state index in [1.807, 2.05) is 18.0 Å². The third kappa shape index (κ3) is 4.50. The lowest BCUT2D eigenvalue weighted by Gasteiger charge is -2.22. The highest BCUT2D eigenvalue weighted by Crippen LogP contribution is 2.31. The predicted octanol–water partition coefficient (Wildman–Crippen LogP) is 1.57. The van der Waals surface area contributed by atoms with Crippen molar-refractivity contribution in [1.29, 1.82) is 0 Å². The minimum atomic E-state index is -0.162. The topological polar surface area (TPSA) is 79.7 Å². The maximum Gasteiger partial charge on any atom is 0.323 e. The van der Waals surface area contributed by atoms with Crippen molar-refractivity contribution >= 4 is 17.8 Å². The molecule has 1 atom stereocenters. The number of nitrogens with zero attached hydrogens (tertiary/aromatic N) is 4. The third-order valence-electron chi connectivity index (χ3n) is 4.72. The monoisotopic (exact) mass is 349 g/mol. The van der Waals surface area contributed by atoms with E-state index in [4.69, 9.17) is 4.74 Å². The molecule has 8 nitrogen and oxygen atoms in total. The standard InChI is InChI=1S/C17H27N5O3/c1-13(12-25-2)22-9-6-15(19-22)18-17(24)21-8-3-7-20(10-11-21)16(23)14-4-5-14/h6,9,13-14H,3-5,7-8,10-12H2,1-2H3,(H,18,19,24)/t13-/m1/s1. The number of nitrogens with one attached hydrogen (secondary N) is 1. The van der Waals surface area contributed by atoms with Crippen LogP contribution in [0.2, 0.25) is 0 Å². The van der Waals surface area contributed by atoms with Crippen LogP contribution in [0, 0.1) is 5.92 Å². The average molecular weight is 349 g/mol. The Morgan fingerprint density at radius 1 is 1.28 bits per heavy atom. The lowest BCUT2D eigenvalue weighted by molar-refractivity contribution is -0.132. The van der Waals surface area contributed by atoms with E-state index in [1.165, 1.54) is 0 Å². The quantitative estimate of drug-likeness (QED) is 0.875. The first-order chi connectivity index (χ1) is 12.1. The van der Waals surface area contributed by atoms with Gasteiger partial charge >= 0.3 is 6.03 Å². The Morgan fingerprint density at radius 2 is 2.00 bits per heavy atom. The molecule has 1 aromatic rings. The Bertz CT molecular complexity index is 613. The second-order valence-corrected chi connectivity index (χ2v) is 6.86. The fourth-order valence-electron chi connectivity index (χ4n) is 3.09. The lowest BCUT2D eigenvalue weighted by Crippen LogP contribution is -2.39. The summed E-state index contributed by atoms with van der Waals surface area (Å²) in [5, 5.41) is 7.22. The normalized spacial score (nSPS) is 19.4. The molecule has 1 saturated heterocycles. The summed E-state index contributed by atoms with van der Waals surface area (Å²) < 4.78 is 6.89. The summed E-state index contributed by atoms with van der Waals surface area (Å²) in [4.78, 5) is 28.3. The Labute approximate surface area is 148 Å². The van der Waals surface area contributed by atoms with Crippen molar-refractivity contribution < 1.29 is 14.3 Å². The van der Waals surface area contributed by atoms with Gasteiger partial charge in [-0.2, -0.15) is 5.10 Å². The van der Waals surface area contributed by atoms with Crippen LogP contribution >= 0.6 is 0 Å². The molecule has 1 aliphatic carbocycles.